The summed E-state index contributed by atoms with van der Waals surface area (Å²) in [5.74, 6) is 0.0778. The second kappa shape index (κ2) is 4.90. The number of ketones is 1. The number of Topliss-reactive ketones (excluding diaryl/α,β-unsaturated/α-hetero) is 1. The molecular formula is C12H11Br2NO2. The smallest absolute Gasteiger partial charge is 0.228 e. The lowest BCUT2D eigenvalue weighted by molar-refractivity contribution is -0.117. The number of nitrogens with zero attached hydrogens (tertiary/aromatic N) is 1. The number of carbonyl (C=O) groups is 2. The van der Waals surface area contributed by atoms with E-state index in [0.29, 0.717) is 18.5 Å². The fraction of sp³-hybridized carbons (Fsp3) is 0.333. The summed E-state index contributed by atoms with van der Waals surface area (Å²) in [6.07, 6.45) is 0.497. The van der Waals surface area contributed by atoms with E-state index in [1.165, 1.54) is 6.92 Å². The lowest BCUT2D eigenvalue weighted by Gasteiger charge is -2.18. The first kappa shape index (κ1) is 12.8. The van der Waals surface area contributed by atoms with Crippen molar-refractivity contribution >= 4 is 49.2 Å². The number of anilines is 1. The Balaban J connectivity index is 2.41. The predicted octanol–water partition coefficient (Wildman–Crippen LogP) is 3.15. The van der Waals surface area contributed by atoms with Crippen LogP contribution in [-0.2, 0) is 4.79 Å². The van der Waals surface area contributed by atoms with Crippen LogP contribution in [-0.4, -0.2) is 23.1 Å². The first-order valence-electron chi connectivity index (χ1n) is 5.24. The Morgan fingerprint density at radius 3 is 2.71 bits per heavy atom. The molecule has 1 unspecified atom stereocenters. The van der Waals surface area contributed by atoms with E-state index in [1.807, 2.05) is 0 Å². The van der Waals surface area contributed by atoms with Gasteiger partial charge in [0.15, 0.2) is 5.78 Å². The molecule has 1 aliphatic heterocycles. The summed E-state index contributed by atoms with van der Waals surface area (Å²) in [5.41, 5.74) is 1.39. The van der Waals surface area contributed by atoms with Crippen LogP contribution in [0.25, 0.3) is 0 Å². The molecule has 0 radical (unpaired) electrons. The van der Waals surface area contributed by atoms with Crippen LogP contribution < -0.4 is 4.90 Å². The maximum atomic E-state index is 11.8. The first-order valence-corrected chi connectivity index (χ1v) is 6.95. The van der Waals surface area contributed by atoms with Crippen molar-refractivity contribution in [2.24, 2.45) is 0 Å². The molecule has 0 aliphatic carbocycles. The van der Waals surface area contributed by atoms with Crippen LogP contribution in [0.4, 0.5) is 5.69 Å². The minimum Gasteiger partial charge on any atom is -0.310 e. The Kier molecular flexibility index (Phi) is 3.68. The Labute approximate surface area is 116 Å². The third-order valence-electron chi connectivity index (χ3n) is 2.72. The maximum Gasteiger partial charge on any atom is 0.228 e. The summed E-state index contributed by atoms with van der Waals surface area (Å²) in [6.45, 7) is 2.16. The summed E-state index contributed by atoms with van der Waals surface area (Å²) < 4.78 is 0.831. The lowest BCUT2D eigenvalue weighted by atomic mass is 10.1. The molecular weight excluding hydrogens is 350 g/mol. The van der Waals surface area contributed by atoms with Crippen LogP contribution in [0.1, 0.15) is 23.7 Å². The van der Waals surface area contributed by atoms with Crippen LogP contribution in [0.5, 0.6) is 0 Å². The summed E-state index contributed by atoms with van der Waals surface area (Å²) in [7, 11) is 0. The van der Waals surface area contributed by atoms with Gasteiger partial charge in [-0.15, -0.1) is 0 Å². The molecule has 90 valence electrons. The van der Waals surface area contributed by atoms with Crippen molar-refractivity contribution in [1.29, 1.82) is 0 Å². The Bertz CT molecular complexity index is 487. The van der Waals surface area contributed by atoms with Crippen molar-refractivity contribution in [3.05, 3.63) is 28.2 Å². The summed E-state index contributed by atoms with van der Waals surface area (Å²) in [4.78, 5) is 25.0. The van der Waals surface area contributed by atoms with Crippen molar-refractivity contribution in [3.8, 4) is 0 Å². The second-order valence-electron chi connectivity index (χ2n) is 4.03. The number of amides is 1. The normalized spacial score (nSPS) is 19.8. The van der Waals surface area contributed by atoms with Crippen molar-refractivity contribution in [2.75, 3.05) is 11.4 Å². The van der Waals surface area contributed by atoms with Crippen molar-refractivity contribution in [3.63, 3.8) is 0 Å². The van der Waals surface area contributed by atoms with Gasteiger partial charge in [-0.2, -0.15) is 0 Å². The van der Waals surface area contributed by atoms with Gasteiger partial charge in [-0.1, -0.05) is 22.0 Å². The standard InChI is InChI=1S/C12H11Br2NO2/c1-7(16)8-2-3-10(14)11(4-8)15-6-9(13)5-12(15)17/h2-4,9H,5-6H2,1H3. The number of carbonyl (C=O) groups excluding carboxylic acids is 2. The molecule has 1 heterocycles. The van der Waals surface area contributed by atoms with E-state index in [9.17, 15) is 9.59 Å². The molecule has 1 amide bonds. The number of benzene rings is 1. The van der Waals surface area contributed by atoms with E-state index in [-0.39, 0.29) is 16.5 Å². The molecule has 5 heteroatoms. The molecule has 1 aromatic carbocycles. The average molecular weight is 361 g/mol. The molecule has 1 aliphatic rings. The van der Waals surface area contributed by atoms with Gasteiger partial charge in [0.2, 0.25) is 5.91 Å². The van der Waals surface area contributed by atoms with E-state index in [1.54, 1.807) is 23.1 Å². The number of hydrogen-bond donors (Lipinski definition) is 0. The Morgan fingerprint density at radius 1 is 1.47 bits per heavy atom. The molecule has 3 nitrogen and oxygen atoms in total. The van der Waals surface area contributed by atoms with Crippen molar-refractivity contribution in [2.45, 2.75) is 18.2 Å². The number of alkyl halides is 1. The van der Waals surface area contributed by atoms with Crippen molar-refractivity contribution in [1.82, 2.24) is 0 Å². The molecule has 0 bridgehead atoms. The van der Waals surface area contributed by atoms with Gasteiger partial charge in [-0.25, -0.2) is 0 Å². The predicted molar refractivity (Wildman–Crippen MR) is 73.8 cm³/mol. The molecule has 17 heavy (non-hydrogen) atoms. The van der Waals surface area contributed by atoms with E-state index in [2.05, 4.69) is 31.9 Å². The van der Waals surface area contributed by atoms with Gasteiger partial charge in [0, 0.05) is 27.8 Å². The van der Waals surface area contributed by atoms with Gasteiger partial charge in [0.05, 0.1) is 5.69 Å². The molecule has 1 atom stereocenters. The number of halogens is 2. The van der Waals surface area contributed by atoms with Gasteiger partial charge in [-0.3, -0.25) is 9.59 Å². The fourth-order valence-electron chi connectivity index (χ4n) is 1.84. The topological polar surface area (TPSA) is 37.4 Å². The molecule has 0 saturated carbocycles. The zero-order valence-corrected chi connectivity index (χ0v) is 12.4. The van der Waals surface area contributed by atoms with Crippen LogP contribution in [0, 0.1) is 0 Å². The third kappa shape index (κ3) is 2.60. The molecule has 0 aromatic heterocycles. The highest BCUT2D eigenvalue weighted by molar-refractivity contribution is 9.10. The Hall–Kier alpha value is -0.680. The van der Waals surface area contributed by atoms with E-state index in [0.717, 1.165) is 10.2 Å². The number of rotatable bonds is 2. The fourth-order valence-corrected chi connectivity index (χ4v) is 2.86. The van der Waals surface area contributed by atoms with Gasteiger partial charge in [0.25, 0.3) is 0 Å². The zero-order chi connectivity index (χ0) is 12.6. The number of hydrogen-bond acceptors (Lipinski definition) is 2. The summed E-state index contributed by atoms with van der Waals surface area (Å²) >= 11 is 6.86. The van der Waals surface area contributed by atoms with E-state index < -0.39 is 0 Å². The highest BCUT2D eigenvalue weighted by Gasteiger charge is 2.30. The highest BCUT2D eigenvalue weighted by atomic mass is 79.9. The SMILES string of the molecule is CC(=O)c1ccc(Br)c(N2CC(Br)CC2=O)c1. The Morgan fingerprint density at radius 2 is 2.18 bits per heavy atom. The van der Waals surface area contributed by atoms with Crippen LogP contribution in [0.15, 0.2) is 22.7 Å². The van der Waals surface area contributed by atoms with Gasteiger partial charge in [-0.05, 0) is 35.0 Å². The molecule has 0 spiro atoms. The molecule has 1 fully saturated rings. The van der Waals surface area contributed by atoms with Gasteiger partial charge < -0.3 is 4.90 Å². The van der Waals surface area contributed by atoms with Gasteiger partial charge >= 0.3 is 0 Å². The summed E-state index contributed by atoms with van der Waals surface area (Å²) in [5, 5.41) is 0. The van der Waals surface area contributed by atoms with E-state index >= 15 is 0 Å². The van der Waals surface area contributed by atoms with Crippen molar-refractivity contribution < 1.29 is 9.59 Å². The highest BCUT2D eigenvalue weighted by Crippen LogP contribution is 2.32. The lowest BCUT2D eigenvalue weighted by Crippen LogP contribution is -2.25. The average Bonchev–Trinajstić information content (AvgIpc) is 2.58. The van der Waals surface area contributed by atoms with E-state index in [4.69, 9.17) is 0 Å². The van der Waals surface area contributed by atoms with Crippen LogP contribution >= 0.6 is 31.9 Å². The zero-order valence-electron chi connectivity index (χ0n) is 9.24. The first-order chi connectivity index (χ1) is 7.99. The minimum atomic E-state index is 0.000730. The molecule has 1 saturated heterocycles. The third-order valence-corrected chi connectivity index (χ3v) is 4.01. The molecule has 1 aromatic rings. The van der Waals surface area contributed by atoms with Crippen LogP contribution in [0.3, 0.4) is 0 Å². The largest absolute Gasteiger partial charge is 0.310 e. The monoisotopic (exact) mass is 359 g/mol. The second-order valence-corrected chi connectivity index (χ2v) is 6.18. The molecule has 0 N–H and O–H groups in total. The quantitative estimate of drug-likeness (QED) is 0.600. The van der Waals surface area contributed by atoms with Crippen LogP contribution in [0.2, 0.25) is 0 Å². The molecule has 2 rings (SSSR count). The minimum absolute atomic E-state index is 0.000730. The maximum absolute atomic E-state index is 11.8. The summed E-state index contributed by atoms with van der Waals surface area (Å²) in [6, 6.07) is 5.32. The van der Waals surface area contributed by atoms with Gasteiger partial charge in [0.1, 0.15) is 0 Å².